The Bertz CT molecular complexity index is 437. The normalized spacial score (nSPS) is 12.6. The highest BCUT2D eigenvalue weighted by Gasteiger charge is 2.18. The van der Waals surface area contributed by atoms with Gasteiger partial charge in [-0.3, -0.25) is 0 Å². The summed E-state index contributed by atoms with van der Waals surface area (Å²) in [4.78, 5) is 0. The number of rotatable bonds is 4. The monoisotopic (exact) mass is 228 g/mol. The van der Waals surface area contributed by atoms with Gasteiger partial charge in [0.2, 0.25) is 0 Å². The maximum Gasteiger partial charge on any atom is 0.158 e. The van der Waals surface area contributed by atoms with Crippen molar-refractivity contribution >= 4 is 0 Å². The number of aliphatic hydroxyl groups excluding tert-OH is 1. The third-order valence-corrected chi connectivity index (χ3v) is 2.89. The second kappa shape index (κ2) is 5.62. The first-order valence-electron chi connectivity index (χ1n) is 5.72. The lowest BCUT2D eigenvalue weighted by Gasteiger charge is -2.19. The van der Waals surface area contributed by atoms with Crippen molar-refractivity contribution < 1.29 is 10.2 Å². The fraction of sp³-hybridized carbons (Fsp3) is 0.200. The molecule has 2 heteroatoms. The molecule has 2 aromatic carbocycles. The van der Waals surface area contributed by atoms with Crippen molar-refractivity contribution in [2.45, 2.75) is 18.6 Å². The zero-order chi connectivity index (χ0) is 12.1. The van der Waals surface area contributed by atoms with E-state index in [1.165, 1.54) is 0 Å². The molecule has 0 saturated heterocycles. The van der Waals surface area contributed by atoms with Gasteiger partial charge in [0, 0.05) is 5.92 Å². The van der Waals surface area contributed by atoms with E-state index >= 15 is 0 Å². The Balaban J connectivity index is 2.20. The molecule has 0 aliphatic carbocycles. The summed E-state index contributed by atoms with van der Waals surface area (Å²) in [5, 5.41) is 19.0. The van der Waals surface area contributed by atoms with E-state index in [9.17, 15) is 10.2 Å². The van der Waals surface area contributed by atoms with Crippen molar-refractivity contribution in [2.75, 3.05) is 0 Å². The molecule has 0 spiro atoms. The topological polar surface area (TPSA) is 40.5 Å². The Morgan fingerprint density at radius 2 is 1.29 bits per heavy atom. The molecule has 0 fully saturated rings. The lowest BCUT2D eigenvalue weighted by Crippen LogP contribution is -2.19. The Morgan fingerprint density at radius 1 is 0.765 bits per heavy atom. The summed E-state index contributed by atoms with van der Waals surface area (Å²) < 4.78 is 0. The molecule has 2 nitrogen and oxygen atoms in total. The first kappa shape index (κ1) is 11.8. The van der Waals surface area contributed by atoms with Crippen LogP contribution in [0.5, 0.6) is 0 Å². The SMILES string of the molecule is OC(O)C(Cc1ccccc1)c1ccccc1. The van der Waals surface area contributed by atoms with Gasteiger partial charge in [0.25, 0.3) is 0 Å². The first-order chi connectivity index (χ1) is 8.27. The third kappa shape index (κ3) is 3.16. The summed E-state index contributed by atoms with van der Waals surface area (Å²) in [5.41, 5.74) is 2.06. The summed E-state index contributed by atoms with van der Waals surface area (Å²) in [7, 11) is 0. The Kier molecular flexibility index (Phi) is 3.91. The molecular formula is C15H16O2. The minimum Gasteiger partial charge on any atom is -0.368 e. The molecule has 0 radical (unpaired) electrons. The van der Waals surface area contributed by atoms with Crippen LogP contribution in [0, 0.1) is 0 Å². The number of hydrogen-bond donors (Lipinski definition) is 2. The van der Waals surface area contributed by atoms with Gasteiger partial charge in [-0.05, 0) is 17.5 Å². The lowest BCUT2D eigenvalue weighted by molar-refractivity contribution is -0.0601. The van der Waals surface area contributed by atoms with E-state index in [1.807, 2.05) is 60.7 Å². The molecule has 0 aliphatic rings. The third-order valence-electron chi connectivity index (χ3n) is 2.89. The molecule has 1 atom stereocenters. The molecule has 0 aromatic heterocycles. The lowest BCUT2D eigenvalue weighted by atomic mass is 9.91. The maximum atomic E-state index is 9.48. The molecule has 0 heterocycles. The van der Waals surface area contributed by atoms with Crippen LogP contribution < -0.4 is 0 Å². The Labute approximate surface area is 101 Å². The highest BCUT2D eigenvalue weighted by Crippen LogP contribution is 2.23. The summed E-state index contributed by atoms with van der Waals surface area (Å²) in [6.07, 6.45) is -0.708. The molecule has 0 bridgehead atoms. The van der Waals surface area contributed by atoms with Gasteiger partial charge in [-0.1, -0.05) is 60.7 Å². The van der Waals surface area contributed by atoms with Crippen LogP contribution in [0.4, 0.5) is 0 Å². The van der Waals surface area contributed by atoms with E-state index < -0.39 is 6.29 Å². The van der Waals surface area contributed by atoms with Crippen LogP contribution in [-0.4, -0.2) is 16.5 Å². The molecule has 0 saturated carbocycles. The number of benzene rings is 2. The van der Waals surface area contributed by atoms with Crippen molar-refractivity contribution in [3.8, 4) is 0 Å². The van der Waals surface area contributed by atoms with E-state index in [4.69, 9.17) is 0 Å². The zero-order valence-corrected chi connectivity index (χ0v) is 9.53. The fourth-order valence-electron chi connectivity index (χ4n) is 1.96. The van der Waals surface area contributed by atoms with Gasteiger partial charge < -0.3 is 10.2 Å². The van der Waals surface area contributed by atoms with Crippen LogP contribution in [0.2, 0.25) is 0 Å². The van der Waals surface area contributed by atoms with Gasteiger partial charge in [0.05, 0.1) is 0 Å². The van der Waals surface area contributed by atoms with E-state index in [0.717, 1.165) is 11.1 Å². The van der Waals surface area contributed by atoms with E-state index in [0.29, 0.717) is 6.42 Å². The molecular weight excluding hydrogens is 212 g/mol. The number of aliphatic hydroxyl groups is 2. The van der Waals surface area contributed by atoms with Crippen molar-refractivity contribution in [2.24, 2.45) is 0 Å². The minimum atomic E-state index is -1.34. The van der Waals surface area contributed by atoms with Crippen LogP contribution >= 0.6 is 0 Å². The van der Waals surface area contributed by atoms with Crippen molar-refractivity contribution in [3.63, 3.8) is 0 Å². The van der Waals surface area contributed by atoms with Crippen LogP contribution in [-0.2, 0) is 6.42 Å². The van der Waals surface area contributed by atoms with Gasteiger partial charge in [-0.15, -0.1) is 0 Å². The van der Waals surface area contributed by atoms with Crippen LogP contribution in [0.3, 0.4) is 0 Å². The highest BCUT2D eigenvalue weighted by atomic mass is 16.5. The summed E-state index contributed by atoms with van der Waals surface area (Å²) in [6, 6.07) is 19.5. The minimum absolute atomic E-state index is 0.279. The Morgan fingerprint density at radius 3 is 1.82 bits per heavy atom. The zero-order valence-electron chi connectivity index (χ0n) is 9.53. The smallest absolute Gasteiger partial charge is 0.158 e. The second-order valence-electron chi connectivity index (χ2n) is 4.12. The Hall–Kier alpha value is -1.64. The molecule has 88 valence electrons. The highest BCUT2D eigenvalue weighted by molar-refractivity contribution is 5.24. The molecule has 2 aromatic rings. The van der Waals surface area contributed by atoms with E-state index in [2.05, 4.69) is 0 Å². The molecule has 2 rings (SSSR count). The van der Waals surface area contributed by atoms with Gasteiger partial charge in [-0.2, -0.15) is 0 Å². The predicted octanol–water partition coefficient (Wildman–Crippen LogP) is 2.32. The summed E-state index contributed by atoms with van der Waals surface area (Å²) in [5.74, 6) is -0.279. The fourth-order valence-corrected chi connectivity index (χ4v) is 1.96. The van der Waals surface area contributed by atoms with E-state index in [1.54, 1.807) is 0 Å². The first-order valence-corrected chi connectivity index (χ1v) is 5.72. The average Bonchev–Trinajstić information content (AvgIpc) is 2.38. The summed E-state index contributed by atoms with van der Waals surface area (Å²) in [6.45, 7) is 0. The van der Waals surface area contributed by atoms with Crippen molar-refractivity contribution in [1.82, 2.24) is 0 Å². The van der Waals surface area contributed by atoms with Crippen molar-refractivity contribution in [3.05, 3.63) is 71.8 Å². The summed E-state index contributed by atoms with van der Waals surface area (Å²) >= 11 is 0. The number of hydrogen-bond acceptors (Lipinski definition) is 2. The predicted molar refractivity (Wildman–Crippen MR) is 67.6 cm³/mol. The maximum absolute atomic E-state index is 9.48. The van der Waals surface area contributed by atoms with Gasteiger partial charge >= 0.3 is 0 Å². The van der Waals surface area contributed by atoms with Crippen LogP contribution in [0.25, 0.3) is 0 Å². The van der Waals surface area contributed by atoms with Crippen LogP contribution in [0.15, 0.2) is 60.7 Å². The quantitative estimate of drug-likeness (QED) is 0.788. The van der Waals surface area contributed by atoms with Crippen molar-refractivity contribution in [1.29, 1.82) is 0 Å². The standard InChI is InChI=1S/C15H16O2/c16-15(17)14(13-9-5-2-6-10-13)11-12-7-3-1-4-8-12/h1-10,14-17H,11H2. The molecule has 17 heavy (non-hydrogen) atoms. The molecule has 2 N–H and O–H groups in total. The van der Waals surface area contributed by atoms with Gasteiger partial charge in [0.1, 0.15) is 0 Å². The van der Waals surface area contributed by atoms with Gasteiger partial charge in [-0.25, -0.2) is 0 Å². The molecule has 0 amide bonds. The molecule has 0 aliphatic heterocycles. The van der Waals surface area contributed by atoms with Gasteiger partial charge in [0.15, 0.2) is 6.29 Å². The second-order valence-corrected chi connectivity index (χ2v) is 4.12. The average molecular weight is 228 g/mol. The largest absolute Gasteiger partial charge is 0.368 e. The van der Waals surface area contributed by atoms with E-state index in [-0.39, 0.29) is 5.92 Å². The molecule has 1 unspecified atom stereocenters. The van der Waals surface area contributed by atoms with Crippen LogP contribution in [0.1, 0.15) is 17.0 Å².